The third-order valence-electron chi connectivity index (χ3n) is 5.36. The Morgan fingerprint density at radius 3 is 2.45 bits per heavy atom. The molecule has 0 bridgehead atoms. The van der Waals surface area contributed by atoms with Gasteiger partial charge in [-0.15, -0.1) is 0 Å². The van der Waals surface area contributed by atoms with Crippen molar-refractivity contribution in [3.63, 3.8) is 0 Å². The molecule has 0 saturated heterocycles. The molecule has 0 radical (unpaired) electrons. The molecular weight excluding hydrogens is 273 g/mol. The Balaban J connectivity index is 2.15. The van der Waals surface area contributed by atoms with Crippen molar-refractivity contribution in [3.05, 3.63) is 34.6 Å². The SMILES string of the molecule is CCC(C)(C)C1CCC(N)(c2ccc(Cl)cc2F)CC1. The summed E-state index contributed by atoms with van der Waals surface area (Å²) in [6.07, 6.45) is 5.00. The van der Waals surface area contributed by atoms with Crippen LogP contribution in [0, 0.1) is 17.2 Å². The first-order valence-electron chi connectivity index (χ1n) is 7.53. The molecule has 0 atom stereocenters. The molecular formula is C17H25ClFN. The average molecular weight is 298 g/mol. The second kappa shape index (κ2) is 5.65. The molecule has 2 rings (SSSR count). The fourth-order valence-corrected chi connectivity index (χ4v) is 3.52. The fourth-order valence-electron chi connectivity index (χ4n) is 3.37. The van der Waals surface area contributed by atoms with Gasteiger partial charge in [-0.05, 0) is 49.1 Å². The third-order valence-corrected chi connectivity index (χ3v) is 5.60. The Morgan fingerprint density at radius 2 is 1.95 bits per heavy atom. The number of hydrogen-bond donors (Lipinski definition) is 1. The van der Waals surface area contributed by atoms with Gasteiger partial charge in [-0.2, -0.15) is 0 Å². The van der Waals surface area contributed by atoms with Gasteiger partial charge in [0.05, 0.1) is 0 Å². The van der Waals surface area contributed by atoms with E-state index in [4.69, 9.17) is 17.3 Å². The van der Waals surface area contributed by atoms with Gasteiger partial charge in [-0.3, -0.25) is 0 Å². The molecule has 1 aliphatic rings. The van der Waals surface area contributed by atoms with Gasteiger partial charge in [-0.25, -0.2) is 4.39 Å². The molecule has 1 aliphatic carbocycles. The van der Waals surface area contributed by atoms with Crippen molar-refractivity contribution in [2.45, 2.75) is 58.4 Å². The van der Waals surface area contributed by atoms with Gasteiger partial charge >= 0.3 is 0 Å². The van der Waals surface area contributed by atoms with E-state index in [0.717, 1.165) is 25.7 Å². The van der Waals surface area contributed by atoms with E-state index < -0.39 is 5.54 Å². The Morgan fingerprint density at radius 1 is 1.35 bits per heavy atom. The topological polar surface area (TPSA) is 26.0 Å². The Kier molecular flexibility index (Phi) is 4.46. The van der Waals surface area contributed by atoms with Crippen LogP contribution in [0.15, 0.2) is 18.2 Å². The summed E-state index contributed by atoms with van der Waals surface area (Å²) in [6, 6.07) is 4.85. The van der Waals surface area contributed by atoms with Crippen LogP contribution in [0.25, 0.3) is 0 Å². The molecule has 1 nitrogen and oxygen atoms in total. The lowest BCUT2D eigenvalue weighted by Crippen LogP contribution is -2.43. The highest BCUT2D eigenvalue weighted by Crippen LogP contribution is 2.46. The summed E-state index contributed by atoms with van der Waals surface area (Å²) in [4.78, 5) is 0. The van der Waals surface area contributed by atoms with Crippen LogP contribution in [0.1, 0.15) is 58.4 Å². The number of rotatable bonds is 3. The fraction of sp³-hybridized carbons (Fsp3) is 0.647. The molecule has 0 spiro atoms. The monoisotopic (exact) mass is 297 g/mol. The van der Waals surface area contributed by atoms with Crippen LogP contribution in [0.5, 0.6) is 0 Å². The van der Waals surface area contributed by atoms with E-state index in [0.29, 0.717) is 21.9 Å². The van der Waals surface area contributed by atoms with E-state index in [2.05, 4.69) is 20.8 Å². The highest BCUT2D eigenvalue weighted by molar-refractivity contribution is 6.30. The zero-order valence-electron chi connectivity index (χ0n) is 12.7. The molecule has 1 aromatic rings. The molecule has 112 valence electrons. The highest BCUT2D eigenvalue weighted by atomic mass is 35.5. The molecule has 1 fully saturated rings. The largest absolute Gasteiger partial charge is 0.321 e. The Labute approximate surface area is 126 Å². The molecule has 0 aliphatic heterocycles. The van der Waals surface area contributed by atoms with Crippen LogP contribution in [0.2, 0.25) is 5.02 Å². The summed E-state index contributed by atoms with van der Waals surface area (Å²) in [5, 5.41) is 0.427. The molecule has 1 saturated carbocycles. The Bertz CT molecular complexity index is 476. The van der Waals surface area contributed by atoms with Crippen LogP contribution < -0.4 is 5.73 Å². The molecule has 0 aromatic heterocycles. The summed E-state index contributed by atoms with van der Waals surface area (Å²) in [7, 11) is 0. The van der Waals surface area contributed by atoms with E-state index in [1.807, 2.05) is 0 Å². The van der Waals surface area contributed by atoms with Crippen LogP contribution in [0.3, 0.4) is 0 Å². The molecule has 1 aromatic carbocycles. The molecule has 3 heteroatoms. The molecule has 0 unspecified atom stereocenters. The average Bonchev–Trinajstić information content (AvgIpc) is 2.39. The van der Waals surface area contributed by atoms with Crippen molar-refractivity contribution in [1.82, 2.24) is 0 Å². The first kappa shape index (κ1) is 15.8. The lowest BCUT2D eigenvalue weighted by Gasteiger charge is -2.43. The van der Waals surface area contributed by atoms with Crippen molar-refractivity contribution >= 4 is 11.6 Å². The lowest BCUT2D eigenvalue weighted by atomic mass is 9.64. The van der Waals surface area contributed by atoms with Gasteiger partial charge in [0, 0.05) is 16.1 Å². The smallest absolute Gasteiger partial charge is 0.129 e. The van der Waals surface area contributed by atoms with Crippen LogP contribution >= 0.6 is 11.6 Å². The molecule has 20 heavy (non-hydrogen) atoms. The van der Waals surface area contributed by atoms with Crippen LogP contribution in [0.4, 0.5) is 4.39 Å². The lowest BCUT2D eigenvalue weighted by molar-refractivity contribution is 0.113. The van der Waals surface area contributed by atoms with Crippen molar-refractivity contribution < 1.29 is 4.39 Å². The summed E-state index contributed by atoms with van der Waals surface area (Å²) in [5.74, 6) is 0.410. The summed E-state index contributed by atoms with van der Waals surface area (Å²) in [5.41, 5.74) is 6.93. The van der Waals surface area contributed by atoms with Gasteiger partial charge in [-0.1, -0.05) is 44.9 Å². The zero-order valence-corrected chi connectivity index (χ0v) is 13.4. The first-order valence-corrected chi connectivity index (χ1v) is 7.91. The second-order valence-corrected chi connectivity index (χ2v) is 7.33. The summed E-state index contributed by atoms with van der Waals surface area (Å²) < 4.78 is 14.1. The predicted molar refractivity (Wildman–Crippen MR) is 83.3 cm³/mol. The van der Waals surface area contributed by atoms with E-state index >= 15 is 0 Å². The van der Waals surface area contributed by atoms with Gasteiger partial charge in [0.25, 0.3) is 0 Å². The van der Waals surface area contributed by atoms with Crippen molar-refractivity contribution in [2.24, 2.45) is 17.1 Å². The number of nitrogens with two attached hydrogens (primary N) is 1. The summed E-state index contributed by atoms with van der Waals surface area (Å²) >= 11 is 5.82. The minimum atomic E-state index is -0.533. The van der Waals surface area contributed by atoms with Gasteiger partial charge < -0.3 is 5.73 Å². The minimum absolute atomic E-state index is 0.270. The van der Waals surface area contributed by atoms with E-state index in [9.17, 15) is 4.39 Å². The summed E-state index contributed by atoms with van der Waals surface area (Å²) in [6.45, 7) is 6.89. The maximum absolute atomic E-state index is 14.1. The van der Waals surface area contributed by atoms with E-state index in [1.54, 1.807) is 12.1 Å². The quantitative estimate of drug-likeness (QED) is 0.809. The highest BCUT2D eigenvalue weighted by Gasteiger charge is 2.39. The van der Waals surface area contributed by atoms with Crippen molar-refractivity contribution in [1.29, 1.82) is 0 Å². The van der Waals surface area contributed by atoms with Gasteiger partial charge in [0.15, 0.2) is 0 Å². The van der Waals surface area contributed by atoms with Crippen LogP contribution in [-0.2, 0) is 5.54 Å². The molecule has 0 heterocycles. The standard InChI is InChI=1S/C17H25ClFN/c1-4-16(2,3)12-7-9-17(20,10-8-12)14-6-5-13(18)11-15(14)19/h5-6,11-12H,4,7-10,20H2,1-3H3. The Hall–Kier alpha value is -0.600. The second-order valence-electron chi connectivity index (χ2n) is 6.90. The maximum Gasteiger partial charge on any atom is 0.129 e. The maximum atomic E-state index is 14.1. The molecule has 0 amide bonds. The molecule has 2 N–H and O–H groups in total. The first-order chi connectivity index (χ1) is 9.28. The third kappa shape index (κ3) is 3.01. The van der Waals surface area contributed by atoms with Gasteiger partial charge in [0.2, 0.25) is 0 Å². The van der Waals surface area contributed by atoms with E-state index in [-0.39, 0.29) is 5.82 Å². The number of benzene rings is 1. The number of hydrogen-bond acceptors (Lipinski definition) is 1. The van der Waals surface area contributed by atoms with Crippen molar-refractivity contribution in [2.75, 3.05) is 0 Å². The zero-order chi connectivity index (χ0) is 15.0. The number of halogens is 2. The minimum Gasteiger partial charge on any atom is -0.321 e. The van der Waals surface area contributed by atoms with Gasteiger partial charge in [0.1, 0.15) is 5.82 Å². The van der Waals surface area contributed by atoms with Crippen LogP contribution in [-0.4, -0.2) is 0 Å². The van der Waals surface area contributed by atoms with Crippen molar-refractivity contribution in [3.8, 4) is 0 Å². The van der Waals surface area contributed by atoms with E-state index in [1.165, 1.54) is 12.5 Å². The normalized spacial score (nSPS) is 27.6. The predicted octanol–water partition coefficient (Wildman–Crippen LogP) is 5.26.